The van der Waals surface area contributed by atoms with Gasteiger partial charge >= 0.3 is 0 Å². The van der Waals surface area contributed by atoms with E-state index < -0.39 is 0 Å². The summed E-state index contributed by atoms with van der Waals surface area (Å²) in [5, 5.41) is 0. The molecule has 0 aliphatic heterocycles. The second kappa shape index (κ2) is 6.14. The van der Waals surface area contributed by atoms with Gasteiger partial charge in [-0.25, -0.2) is 0 Å². The van der Waals surface area contributed by atoms with Crippen LogP contribution in [0.5, 0.6) is 5.75 Å². The molecule has 1 aromatic carbocycles. The zero-order valence-electron chi connectivity index (χ0n) is 11.2. The monoisotopic (exact) mass is 255 g/mol. The fourth-order valence-electron chi connectivity index (χ4n) is 1.84. The van der Waals surface area contributed by atoms with Crippen LogP contribution < -0.4 is 4.74 Å². The van der Waals surface area contributed by atoms with Crippen molar-refractivity contribution in [1.82, 2.24) is 4.98 Å². The summed E-state index contributed by atoms with van der Waals surface area (Å²) in [6, 6.07) is 13.1. The minimum atomic E-state index is 0.0906. The number of para-hydroxylation sites is 1. The van der Waals surface area contributed by atoms with Crippen molar-refractivity contribution in [2.45, 2.75) is 26.9 Å². The number of aromatic nitrogens is 1. The average molecular weight is 255 g/mol. The van der Waals surface area contributed by atoms with Crippen LogP contribution >= 0.6 is 0 Å². The number of ether oxygens (including phenoxy) is 1. The number of ketones is 1. The number of carbonyl (C=O) groups is 1. The van der Waals surface area contributed by atoms with E-state index in [1.165, 1.54) is 0 Å². The highest BCUT2D eigenvalue weighted by molar-refractivity contribution is 5.98. The Morgan fingerprint density at radius 3 is 2.68 bits per heavy atom. The van der Waals surface area contributed by atoms with Crippen LogP contribution in [0.25, 0.3) is 0 Å². The van der Waals surface area contributed by atoms with Crippen molar-refractivity contribution < 1.29 is 9.53 Å². The van der Waals surface area contributed by atoms with Gasteiger partial charge in [0.2, 0.25) is 0 Å². The number of nitrogens with zero attached hydrogens (tertiary/aromatic N) is 1. The lowest BCUT2D eigenvalue weighted by Gasteiger charge is -2.10. The predicted molar refractivity (Wildman–Crippen MR) is 74.4 cm³/mol. The minimum absolute atomic E-state index is 0.0906. The van der Waals surface area contributed by atoms with Gasteiger partial charge < -0.3 is 4.74 Å². The number of hydrogen-bond acceptors (Lipinski definition) is 3. The Kier molecular flexibility index (Phi) is 4.29. The van der Waals surface area contributed by atoms with E-state index >= 15 is 0 Å². The molecule has 0 unspecified atom stereocenters. The molecule has 19 heavy (non-hydrogen) atoms. The Bertz CT molecular complexity index is 578. The highest BCUT2D eigenvalue weighted by Gasteiger charge is 2.10. The first-order valence-electron chi connectivity index (χ1n) is 6.38. The van der Waals surface area contributed by atoms with Crippen molar-refractivity contribution >= 4 is 5.78 Å². The lowest BCUT2D eigenvalue weighted by Crippen LogP contribution is -2.04. The third-order valence-corrected chi connectivity index (χ3v) is 2.83. The number of Topliss-reactive ketones (excluding diaryl/α,β-unsaturated/α-hetero) is 1. The summed E-state index contributed by atoms with van der Waals surface area (Å²) in [6.45, 7) is 4.16. The van der Waals surface area contributed by atoms with Crippen LogP contribution in [-0.4, -0.2) is 10.8 Å². The van der Waals surface area contributed by atoms with Crippen molar-refractivity contribution in [3.8, 4) is 5.75 Å². The number of hydrogen-bond donors (Lipinski definition) is 0. The van der Waals surface area contributed by atoms with E-state index in [-0.39, 0.29) is 5.78 Å². The Morgan fingerprint density at radius 1 is 1.16 bits per heavy atom. The van der Waals surface area contributed by atoms with Crippen LogP contribution in [0.1, 0.15) is 35.1 Å². The van der Waals surface area contributed by atoms with E-state index in [9.17, 15) is 4.79 Å². The molecule has 1 heterocycles. The highest BCUT2D eigenvalue weighted by Crippen LogP contribution is 2.20. The molecule has 1 aromatic heterocycles. The largest absolute Gasteiger partial charge is 0.487 e. The predicted octanol–water partition coefficient (Wildman–Crippen LogP) is 3.56. The topological polar surface area (TPSA) is 39.2 Å². The van der Waals surface area contributed by atoms with Crippen LogP contribution in [0.3, 0.4) is 0 Å². The zero-order chi connectivity index (χ0) is 13.7. The van der Waals surface area contributed by atoms with Gasteiger partial charge in [-0.2, -0.15) is 0 Å². The molecule has 3 nitrogen and oxygen atoms in total. The first-order chi connectivity index (χ1) is 9.20. The van der Waals surface area contributed by atoms with Crippen LogP contribution in [0, 0.1) is 6.92 Å². The fraction of sp³-hybridized carbons (Fsp3) is 0.250. The molecule has 0 atom stereocenters. The van der Waals surface area contributed by atoms with Gasteiger partial charge in [-0.1, -0.05) is 25.1 Å². The van der Waals surface area contributed by atoms with Gasteiger partial charge in [0.15, 0.2) is 5.78 Å². The summed E-state index contributed by atoms with van der Waals surface area (Å²) in [7, 11) is 0. The fourth-order valence-corrected chi connectivity index (χ4v) is 1.84. The summed E-state index contributed by atoms with van der Waals surface area (Å²) in [5.41, 5.74) is 2.45. The van der Waals surface area contributed by atoms with Crippen LogP contribution in [-0.2, 0) is 6.61 Å². The zero-order valence-corrected chi connectivity index (χ0v) is 11.2. The number of carbonyl (C=O) groups excluding carboxylic acids is 1. The Hall–Kier alpha value is -2.16. The second-order valence-corrected chi connectivity index (χ2v) is 4.33. The summed E-state index contributed by atoms with van der Waals surface area (Å²) < 4.78 is 5.72. The van der Waals surface area contributed by atoms with Crippen molar-refractivity contribution in [1.29, 1.82) is 0 Å². The third kappa shape index (κ3) is 3.41. The van der Waals surface area contributed by atoms with Gasteiger partial charge in [0.1, 0.15) is 12.4 Å². The van der Waals surface area contributed by atoms with E-state index in [1.807, 2.05) is 50.2 Å². The smallest absolute Gasteiger partial charge is 0.166 e. The molecule has 3 heteroatoms. The Morgan fingerprint density at radius 2 is 1.95 bits per heavy atom. The summed E-state index contributed by atoms with van der Waals surface area (Å²) in [5.74, 6) is 0.713. The third-order valence-electron chi connectivity index (χ3n) is 2.83. The average Bonchev–Trinajstić information content (AvgIpc) is 2.45. The maximum absolute atomic E-state index is 11.8. The number of benzene rings is 1. The summed E-state index contributed by atoms with van der Waals surface area (Å²) in [6.07, 6.45) is 0.475. The Balaban J connectivity index is 2.13. The lowest BCUT2D eigenvalue weighted by molar-refractivity contribution is 0.0983. The second-order valence-electron chi connectivity index (χ2n) is 4.33. The summed E-state index contributed by atoms with van der Waals surface area (Å²) >= 11 is 0. The first-order valence-corrected chi connectivity index (χ1v) is 6.38. The molecule has 0 bridgehead atoms. The molecular formula is C16H17NO2. The molecule has 0 amide bonds. The van der Waals surface area contributed by atoms with Crippen LogP contribution in [0.4, 0.5) is 0 Å². The number of aryl methyl sites for hydroxylation is 1. The molecule has 0 N–H and O–H groups in total. The van der Waals surface area contributed by atoms with Crippen molar-refractivity contribution in [2.24, 2.45) is 0 Å². The molecular weight excluding hydrogens is 238 g/mol. The van der Waals surface area contributed by atoms with E-state index in [0.29, 0.717) is 24.3 Å². The molecule has 98 valence electrons. The van der Waals surface area contributed by atoms with Crippen molar-refractivity contribution in [3.63, 3.8) is 0 Å². The number of pyridine rings is 1. The van der Waals surface area contributed by atoms with Gasteiger partial charge in [0, 0.05) is 12.1 Å². The van der Waals surface area contributed by atoms with Crippen molar-refractivity contribution in [2.75, 3.05) is 0 Å². The van der Waals surface area contributed by atoms with Gasteiger partial charge in [-0.05, 0) is 31.2 Å². The molecule has 0 saturated heterocycles. The molecule has 0 fully saturated rings. The molecule has 0 spiro atoms. The van der Waals surface area contributed by atoms with E-state index in [0.717, 1.165) is 11.4 Å². The quantitative estimate of drug-likeness (QED) is 0.767. The maximum Gasteiger partial charge on any atom is 0.166 e. The normalized spacial score (nSPS) is 10.2. The molecule has 0 radical (unpaired) electrons. The van der Waals surface area contributed by atoms with E-state index in [4.69, 9.17) is 4.74 Å². The molecule has 0 aliphatic rings. The van der Waals surface area contributed by atoms with E-state index in [2.05, 4.69) is 4.98 Å². The molecule has 0 saturated carbocycles. The van der Waals surface area contributed by atoms with Gasteiger partial charge in [-0.3, -0.25) is 9.78 Å². The van der Waals surface area contributed by atoms with Crippen LogP contribution in [0.15, 0.2) is 42.5 Å². The molecule has 0 aliphatic carbocycles. The van der Waals surface area contributed by atoms with Crippen molar-refractivity contribution in [3.05, 3.63) is 59.4 Å². The van der Waals surface area contributed by atoms with Gasteiger partial charge in [-0.15, -0.1) is 0 Å². The molecule has 2 aromatic rings. The maximum atomic E-state index is 11.8. The molecule has 2 rings (SSSR count). The van der Waals surface area contributed by atoms with Gasteiger partial charge in [0.25, 0.3) is 0 Å². The lowest BCUT2D eigenvalue weighted by atomic mass is 10.1. The van der Waals surface area contributed by atoms with Gasteiger partial charge in [0.05, 0.1) is 11.3 Å². The Labute approximate surface area is 113 Å². The number of rotatable bonds is 5. The standard InChI is InChI=1S/C16H17NO2/c1-3-15(18)14-9-4-5-10-16(14)19-11-13-8-6-7-12(2)17-13/h4-10H,3,11H2,1-2H3. The SMILES string of the molecule is CCC(=O)c1ccccc1OCc1cccc(C)n1. The summed E-state index contributed by atoms with van der Waals surface area (Å²) in [4.78, 5) is 16.2. The minimum Gasteiger partial charge on any atom is -0.487 e. The van der Waals surface area contributed by atoms with E-state index in [1.54, 1.807) is 6.07 Å². The highest BCUT2D eigenvalue weighted by atomic mass is 16.5. The van der Waals surface area contributed by atoms with Crippen LogP contribution in [0.2, 0.25) is 0 Å². The first kappa shape index (κ1) is 13.3.